The minimum atomic E-state index is -0.350. The molecule has 0 aromatic heterocycles. The molecule has 0 radical (unpaired) electrons. The van der Waals surface area contributed by atoms with Crippen molar-refractivity contribution in [3.8, 4) is 0 Å². The Bertz CT molecular complexity index is 909. The van der Waals surface area contributed by atoms with E-state index in [0.717, 1.165) is 34.6 Å². The molecular weight excluding hydrogens is 405 g/mol. The molecule has 0 spiro atoms. The van der Waals surface area contributed by atoms with E-state index in [-0.39, 0.29) is 24.7 Å². The van der Waals surface area contributed by atoms with Gasteiger partial charge >= 0.3 is 0 Å². The lowest BCUT2D eigenvalue weighted by molar-refractivity contribution is -0.117. The molecule has 142 valence electrons. The monoisotopic (exact) mass is 423 g/mol. The van der Waals surface area contributed by atoms with Crippen molar-refractivity contribution in [2.24, 2.45) is 10.7 Å². The van der Waals surface area contributed by atoms with Gasteiger partial charge < -0.3 is 10.6 Å². The van der Waals surface area contributed by atoms with E-state index in [2.05, 4.69) is 4.90 Å². The number of halogens is 3. The van der Waals surface area contributed by atoms with Gasteiger partial charge in [0, 0.05) is 24.8 Å². The summed E-state index contributed by atoms with van der Waals surface area (Å²) in [4.78, 5) is 18.1. The number of primary amides is 1. The Labute approximate surface area is 175 Å². The summed E-state index contributed by atoms with van der Waals surface area (Å²) >= 11 is 12.1. The molecule has 3 rings (SSSR count). The number of carbonyl (C=O) groups is 1. The summed E-state index contributed by atoms with van der Waals surface area (Å²) in [5, 5.41) is 1.04. The SMILES string of the molecule is CN1CCN=C(C=Cc2ccc(Cl)c(Cl)c2)c2cc(CC(N)=O)ccc21.Cl. The molecule has 0 saturated heterocycles. The highest BCUT2D eigenvalue weighted by molar-refractivity contribution is 6.42. The minimum absolute atomic E-state index is 0. The molecule has 0 bridgehead atoms. The minimum Gasteiger partial charge on any atom is -0.372 e. The molecule has 2 N–H and O–H groups in total. The summed E-state index contributed by atoms with van der Waals surface area (Å²) < 4.78 is 0. The summed E-state index contributed by atoms with van der Waals surface area (Å²) in [5.41, 5.74) is 10.1. The number of likely N-dealkylation sites (N-methyl/N-ethyl adjacent to an activating group) is 1. The zero-order chi connectivity index (χ0) is 18.7. The van der Waals surface area contributed by atoms with Crippen molar-refractivity contribution in [2.45, 2.75) is 6.42 Å². The lowest BCUT2D eigenvalue weighted by Gasteiger charge is -2.19. The van der Waals surface area contributed by atoms with Crippen molar-refractivity contribution < 1.29 is 4.79 Å². The quantitative estimate of drug-likeness (QED) is 0.791. The standard InChI is InChI=1S/C20H19Cl2N3O.ClH/c1-25-9-8-24-18(6-3-13-2-5-16(21)17(22)11-13)15-10-14(12-20(23)26)4-7-19(15)25;/h2-7,10-11H,8-9,12H2,1H3,(H2,23,26);1H. The van der Waals surface area contributed by atoms with Crippen molar-refractivity contribution in [3.63, 3.8) is 0 Å². The fourth-order valence-electron chi connectivity index (χ4n) is 2.89. The summed E-state index contributed by atoms with van der Waals surface area (Å²) in [6, 6.07) is 11.4. The average molecular weight is 425 g/mol. The molecule has 2 aromatic carbocycles. The third kappa shape index (κ3) is 5.25. The molecule has 0 atom stereocenters. The summed E-state index contributed by atoms with van der Waals surface area (Å²) in [5.74, 6) is -0.350. The lowest BCUT2D eigenvalue weighted by atomic mass is 10.0. The van der Waals surface area contributed by atoms with E-state index in [1.54, 1.807) is 6.07 Å². The second-order valence-electron chi connectivity index (χ2n) is 6.19. The van der Waals surface area contributed by atoms with Gasteiger partial charge in [0.2, 0.25) is 5.91 Å². The van der Waals surface area contributed by atoms with E-state index in [4.69, 9.17) is 33.9 Å². The average Bonchev–Trinajstić information content (AvgIpc) is 2.74. The van der Waals surface area contributed by atoms with Gasteiger partial charge in [-0.15, -0.1) is 12.4 Å². The molecule has 1 heterocycles. The largest absolute Gasteiger partial charge is 0.372 e. The Kier molecular flexibility index (Phi) is 7.31. The number of nitrogens with zero attached hydrogens (tertiary/aromatic N) is 2. The first-order chi connectivity index (χ1) is 12.4. The lowest BCUT2D eigenvalue weighted by Crippen LogP contribution is -2.20. The first-order valence-electron chi connectivity index (χ1n) is 8.24. The van der Waals surface area contributed by atoms with Crippen LogP contribution in [0.2, 0.25) is 10.0 Å². The van der Waals surface area contributed by atoms with E-state index >= 15 is 0 Å². The number of anilines is 1. The van der Waals surface area contributed by atoms with Gasteiger partial charge in [-0.1, -0.05) is 41.4 Å². The van der Waals surface area contributed by atoms with Gasteiger partial charge in [-0.2, -0.15) is 0 Å². The van der Waals surface area contributed by atoms with Crippen LogP contribution in [0.1, 0.15) is 16.7 Å². The highest BCUT2D eigenvalue weighted by Crippen LogP contribution is 2.26. The Balaban J connectivity index is 0.00000261. The van der Waals surface area contributed by atoms with Crippen LogP contribution >= 0.6 is 35.6 Å². The molecule has 0 aliphatic carbocycles. The van der Waals surface area contributed by atoms with E-state index in [0.29, 0.717) is 16.6 Å². The molecule has 1 aliphatic rings. The van der Waals surface area contributed by atoms with Crippen molar-refractivity contribution in [1.82, 2.24) is 0 Å². The highest BCUT2D eigenvalue weighted by Gasteiger charge is 2.16. The van der Waals surface area contributed by atoms with Gasteiger partial charge in [-0.05, 0) is 41.5 Å². The van der Waals surface area contributed by atoms with Crippen molar-refractivity contribution in [1.29, 1.82) is 0 Å². The Hall–Kier alpha value is -2.01. The zero-order valence-electron chi connectivity index (χ0n) is 14.8. The van der Waals surface area contributed by atoms with E-state index < -0.39 is 0 Å². The van der Waals surface area contributed by atoms with Crippen LogP contribution < -0.4 is 10.6 Å². The van der Waals surface area contributed by atoms with E-state index in [1.807, 2.05) is 49.5 Å². The van der Waals surface area contributed by atoms with E-state index in [1.165, 1.54) is 0 Å². The maximum absolute atomic E-state index is 11.3. The Morgan fingerprint density at radius 3 is 2.67 bits per heavy atom. The summed E-state index contributed by atoms with van der Waals surface area (Å²) in [6.07, 6.45) is 4.13. The molecule has 2 aromatic rings. The number of allylic oxidation sites excluding steroid dienone is 1. The molecule has 7 heteroatoms. The number of benzene rings is 2. The molecule has 27 heavy (non-hydrogen) atoms. The number of amides is 1. The van der Waals surface area contributed by atoms with Crippen LogP contribution in [0.15, 0.2) is 47.5 Å². The smallest absolute Gasteiger partial charge is 0.221 e. The van der Waals surface area contributed by atoms with Crippen LogP contribution in [-0.4, -0.2) is 31.8 Å². The van der Waals surface area contributed by atoms with Gasteiger partial charge in [-0.3, -0.25) is 9.79 Å². The number of benzodiazepines with no additional fused rings is 1. The topological polar surface area (TPSA) is 58.7 Å². The predicted molar refractivity (Wildman–Crippen MR) is 117 cm³/mol. The van der Waals surface area contributed by atoms with Crippen molar-refractivity contribution in [2.75, 3.05) is 25.0 Å². The van der Waals surface area contributed by atoms with Gasteiger partial charge in [0.1, 0.15) is 0 Å². The number of aliphatic imine (C=N–C) groups is 1. The van der Waals surface area contributed by atoms with Crippen molar-refractivity contribution >= 4 is 59.0 Å². The van der Waals surface area contributed by atoms with Crippen molar-refractivity contribution in [3.05, 3.63) is 69.2 Å². The molecule has 0 unspecified atom stereocenters. The second-order valence-corrected chi connectivity index (χ2v) is 7.00. The normalized spacial score (nSPS) is 13.6. The van der Waals surface area contributed by atoms with Gasteiger partial charge in [0.05, 0.1) is 28.7 Å². The summed E-state index contributed by atoms with van der Waals surface area (Å²) in [6.45, 7) is 1.52. The van der Waals surface area contributed by atoms with Crippen LogP contribution in [0.4, 0.5) is 5.69 Å². The molecular formula is C20H20Cl3N3O. The number of hydrogen-bond acceptors (Lipinski definition) is 3. The number of hydrogen-bond donors (Lipinski definition) is 1. The maximum atomic E-state index is 11.3. The van der Waals surface area contributed by atoms with Crippen LogP contribution in [-0.2, 0) is 11.2 Å². The van der Waals surface area contributed by atoms with Gasteiger partial charge in [-0.25, -0.2) is 0 Å². The predicted octanol–water partition coefficient (Wildman–Crippen LogP) is 4.40. The fourth-order valence-corrected chi connectivity index (χ4v) is 3.20. The Morgan fingerprint density at radius 2 is 1.96 bits per heavy atom. The first-order valence-corrected chi connectivity index (χ1v) is 9.00. The third-order valence-corrected chi connectivity index (χ3v) is 4.96. The molecule has 1 amide bonds. The number of rotatable bonds is 4. The second kappa shape index (κ2) is 9.27. The first kappa shape index (κ1) is 21.3. The maximum Gasteiger partial charge on any atom is 0.221 e. The number of nitrogens with two attached hydrogens (primary N) is 1. The van der Waals surface area contributed by atoms with E-state index in [9.17, 15) is 4.79 Å². The van der Waals surface area contributed by atoms with Crippen LogP contribution in [0, 0.1) is 0 Å². The van der Waals surface area contributed by atoms with Crippen LogP contribution in [0.3, 0.4) is 0 Å². The summed E-state index contributed by atoms with van der Waals surface area (Å²) in [7, 11) is 2.04. The van der Waals surface area contributed by atoms with Crippen LogP contribution in [0.25, 0.3) is 6.08 Å². The fraction of sp³-hybridized carbons (Fsp3) is 0.200. The van der Waals surface area contributed by atoms with Gasteiger partial charge in [0.25, 0.3) is 0 Å². The van der Waals surface area contributed by atoms with Crippen LogP contribution in [0.5, 0.6) is 0 Å². The molecule has 4 nitrogen and oxygen atoms in total. The molecule has 1 aliphatic heterocycles. The molecule has 0 fully saturated rings. The molecule has 0 saturated carbocycles. The highest BCUT2D eigenvalue weighted by atomic mass is 35.5. The van der Waals surface area contributed by atoms with Gasteiger partial charge in [0.15, 0.2) is 0 Å². The number of fused-ring (bicyclic) bond motifs is 1. The Morgan fingerprint density at radius 1 is 1.19 bits per heavy atom. The number of carbonyl (C=O) groups excluding carboxylic acids is 1. The third-order valence-electron chi connectivity index (χ3n) is 4.22. The zero-order valence-corrected chi connectivity index (χ0v) is 17.1.